The van der Waals surface area contributed by atoms with Crippen molar-refractivity contribution < 1.29 is 9.90 Å². The van der Waals surface area contributed by atoms with Crippen LogP contribution in [0.1, 0.15) is 79.1 Å². The summed E-state index contributed by atoms with van der Waals surface area (Å²) >= 11 is 0. The van der Waals surface area contributed by atoms with Crippen LogP contribution in [0.5, 0.6) is 0 Å². The van der Waals surface area contributed by atoms with Crippen LogP contribution in [0.2, 0.25) is 0 Å². The lowest BCUT2D eigenvalue weighted by molar-refractivity contribution is -0.126. The molecule has 4 N–H and O–H groups in total. The van der Waals surface area contributed by atoms with Gasteiger partial charge in [-0.05, 0) is 38.0 Å². The number of hydrogen-bond donors (Lipinski definition) is 3. The van der Waals surface area contributed by atoms with Crippen LogP contribution in [-0.4, -0.2) is 29.2 Å². The summed E-state index contributed by atoms with van der Waals surface area (Å²) in [6, 6.07) is -0.486. The standard InChI is InChI=1S/C19H38N2O2/c1-13(2)9-8-10-14(3)19(23)21-18(17(20)15(4)22)16-11-6-5-7-12-16/h13-18,22H,5-12,20H2,1-4H3,(H,21,23)/t14-,15-,17?,18?/m0/s1. The highest BCUT2D eigenvalue weighted by Crippen LogP contribution is 2.28. The number of amides is 1. The lowest BCUT2D eigenvalue weighted by Crippen LogP contribution is -2.57. The van der Waals surface area contributed by atoms with E-state index in [1.165, 1.54) is 19.3 Å². The van der Waals surface area contributed by atoms with Crippen molar-refractivity contribution in [3.05, 3.63) is 0 Å². The van der Waals surface area contributed by atoms with E-state index >= 15 is 0 Å². The number of nitrogens with two attached hydrogens (primary N) is 1. The summed E-state index contributed by atoms with van der Waals surface area (Å²) in [7, 11) is 0. The van der Waals surface area contributed by atoms with Gasteiger partial charge in [0.25, 0.3) is 0 Å². The third kappa shape index (κ3) is 7.21. The Hall–Kier alpha value is -0.610. The first-order valence-corrected chi connectivity index (χ1v) is 9.57. The maximum absolute atomic E-state index is 12.6. The van der Waals surface area contributed by atoms with Gasteiger partial charge in [0, 0.05) is 12.0 Å². The Kier molecular flexibility index (Phi) is 9.15. The number of rotatable bonds is 9. The molecule has 0 saturated heterocycles. The molecule has 1 amide bonds. The Bertz CT molecular complexity index is 338. The molecule has 0 aromatic rings. The molecular formula is C19H38N2O2. The molecule has 0 spiro atoms. The Labute approximate surface area is 142 Å². The Morgan fingerprint density at radius 3 is 2.26 bits per heavy atom. The fourth-order valence-corrected chi connectivity index (χ4v) is 3.59. The molecule has 0 bridgehead atoms. The molecule has 1 saturated carbocycles. The van der Waals surface area contributed by atoms with Gasteiger partial charge in [0.05, 0.1) is 12.1 Å². The van der Waals surface area contributed by atoms with Gasteiger partial charge >= 0.3 is 0 Å². The van der Waals surface area contributed by atoms with Crippen LogP contribution in [0, 0.1) is 17.8 Å². The first-order valence-electron chi connectivity index (χ1n) is 9.57. The molecule has 0 aromatic carbocycles. The quantitative estimate of drug-likeness (QED) is 0.609. The predicted octanol–water partition coefficient (Wildman–Crippen LogP) is 3.22. The van der Waals surface area contributed by atoms with Gasteiger partial charge in [0.2, 0.25) is 5.91 Å². The summed E-state index contributed by atoms with van der Waals surface area (Å²) in [6.07, 6.45) is 8.46. The summed E-state index contributed by atoms with van der Waals surface area (Å²) in [4.78, 5) is 12.6. The van der Waals surface area contributed by atoms with Crippen LogP contribution in [0.25, 0.3) is 0 Å². The molecule has 0 aromatic heterocycles. The average molecular weight is 327 g/mol. The molecule has 1 rings (SSSR count). The van der Waals surface area contributed by atoms with Crippen LogP contribution in [0.3, 0.4) is 0 Å². The molecule has 136 valence electrons. The highest BCUT2D eigenvalue weighted by atomic mass is 16.3. The molecule has 4 nitrogen and oxygen atoms in total. The van der Waals surface area contributed by atoms with E-state index in [1.807, 2.05) is 6.92 Å². The number of carbonyl (C=O) groups is 1. The second kappa shape index (κ2) is 10.3. The van der Waals surface area contributed by atoms with E-state index in [1.54, 1.807) is 6.92 Å². The molecule has 2 unspecified atom stereocenters. The van der Waals surface area contributed by atoms with Crippen LogP contribution in [0.4, 0.5) is 0 Å². The van der Waals surface area contributed by atoms with Crippen LogP contribution < -0.4 is 11.1 Å². The number of aliphatic hydroxyl groups excluding tert-OH is 1. The van der Waals surface area contributed by atoms with Gasteiger partial charge in [0.1, 0.15) is 0 Å². The van der Waals surface area contributed by atoms with Crippen molar-refractivity contribution in [3.8, 4) is 0 Å². The van der Waals surface area contributed by atoms with Crippen LogP contribution in [-0.2, 0) is 4.79 Å². The van der Waals surface area contributed by atoms with E-state index in [9.17, 15) is 9.90 Å². The van der Waals surface area contributed by atoms with Gasteiger partial charge in [-0.1, -0.05) is 52.9 Å². The second-order valence-electron chi connectivity index (χ2n) is 7.98. The summed E-state index contributed by atoms with van der Waals surface area (Å²) in [5.74, 6) is 1.20. The monoisotopic (exact) mass is 326 g/mol. The number of aliphatic hydroxyl groups is 1. The zero-order valence-corrected chi connectivity index (χ0v) is 15.6. The van der Waals surface area contributed by atoms with Gasteiger partial charge in [-0.25, -0.2) is 0 Å². The molecule has 0 aliphatic heterocycles. The third-order valence-corrected chi connectivity index (χ3v) is 5.30. The molecule has 4 heteroatoms. The minimum atomic E-state index is -0.599. The molecule has 1 aliphatic carbocycles. The first-order chi connectivity index (χ1) is 10.8. The molecule has 0 heterocycles. The summed E-state index contributed by atoms with van der Waals surface area (Å²) in [5.41, 5.74) is 6.22. The van der Waals surface area contributed by atoms with Crippen molar-refractivity contribution in [2.24, 2.45) is 23.5 Å². The zero-order valence-electron chi connectivity index (χ0n) is 15.6. The molecule has 0 radical (unpaired) electrons. The van der Waals surface area contributed by atoms with Gasteiger partial charge in [-0.15, -0.1) is 0 Å². The molecular weight excluding hydrogens is 288 g/mol. The minimum absolute atomic E-state index is 0.0149. The summed E-state index contributed by atoms with van der Waals surface area (Å²) in [6.45, 7) is 8.15. The predicted molar refractivity (Wildman–Crippen MR) is 96.0 cm³/mol. The SMILES string of the molecule is CC(C)CCC[C@H](C)C(=O)NC(C1CCCCC1)C(N)[C@H](C)O. The Morgan fingerprint density at radius 1 is 1.13 bits per heavy atom. The van der Waals surface area contributed by atoms with Crippen molar-refractivity contribution in [1.82, 2.24) is 5.32 Å². The first kappa shape index (κ1) is 20.4. The fraction of sp³-hybridized carbons (Fsp3) is 0.947. The maximum Gasteiger partial charge on any atom is 0.223 e. The molecule has 23 heavy (non-hydrogen) atoms. The van der Waals surface area contributed by atoms with E-state index in [4.69, 9.17) is 5.73 Å². The normalized spacial score (nSPS) is 21.7. The van der Waals surface area contributed by atoms with Crippen molar-refractivity contribution >= 4 is 5.91 Å². The lowest BCUT2D eigenvalue weighted by Gasteiger charge is -2.36. The Balaban J connectivity index is 2.58. The third-order valence-electron chi connectivity index (χ3n) is 5.30. The summed E-state index contributed by atoms with van der Waals surface area (Å²) < 4.78 is 0. The van der Waals surface area contributed by atoms with Crippen molar-refractivity contribution in [2.45, 2.75) is 97.2 Å². The average Bonchev–Trinajstić information content (AvgIpc) is 2.51. The van der Waals surface area contributed by atoms with Crippen molar-refractivity contribution in [1.29, 1.82) is 0 Å². The fourth-order valence-electron chi connectivity index (χ4n) is 3.59. The number of carbonyl (C=O) groups excluding carboxylic acids is 1. The maximum atomic E-state index is 12.6. The minimum Gasteiger partial charge on any atom is -0.392 e. The Morgan fingerprint density at radius 2 is 1.74 bits per heavy atom. The van der Waals surface area contributed by atoms with Gasteiger partial charge in [0.15, 0.2) is 0 Å². The topological polar surface area (TPSA) is 75.4 Å². The van der Waals surface area contributed by atoms with Gasteiger partial charge < -0.3 is 16.2 Å². The molecule has 1 fully saturated rings. The van der Waals surface area contributed by atoms with Crippen molar-refractivity contribution in [2.75, 3.05) is 0 Å². The lowest BCUT2D eigenvalue weighted by atomic mass is 9.80. The van der Waals surface area contributed by atoms with E-state index in [2.05, 4.69) is 19.2 Å². The van der Waals surface area contributed by atoms with E-state index in [0.29, 0.717) is 11.8 Å². The highest BCUT2D eigenvalue weighted by Gasteiger charge is 2.32. The smallest absolute Gasteiger partial charge is 0.223 e. The summed E-state index contributed by atoms with van der Waals surface area (Å²) in [5, 5.41) is 13.1. The van der Waals surface area contributed by atoms with Crippen LogP contribution in [0.15, 0.2) is 0 Å². The van der Waals surface area contributed by atoms with E-state index in [0.717, 1.165) is 32.1 Å². The highest BCUT2D eigenvalue weighted by molar-refractivity contribution is 5.78. The van der Waals surface area contributed by atoms with Gasteiger partial charge in [-0.2, -0.15) is 0 Å². The number of hydrogen-bond acceptors (Lipinski definition) is 3. The second-order valence-corrected chi connectivity index (χ2v) is 7.98. The molecule has 4 atom stereocenters. The van der Waals surface area contributed by atoms with E-state index in [-0.39, 0.29) is 23.9 Å². The van der Waals surface area contributed by atoms with Crippen LogP contribution >= 0.6 is 0 Å². The zero-order chi connectivity index (χ0) is 17.4. The van der Waals surface area contributed by atoms with Crippen molar-refractivity contribution in [3.63, 3.8) is 0 Å². The van der Waals surface area contributed by atoms with E-state index < -0.39 is 6.10 Å². The number of nitrogens with one attached hydrogen (secondary N) is 1. The molecule has 1 aliphatic rings. The largest absolute Gasteiger partial charge is 0.392 e. The van der Waals surface area contributed by atoms with Gasteiger partial charge in [-0.3, -0.25) is 4.79 Å².